The van der Waals surface area contributed by atoms with Crippen LogP contribution in [0.3, 0.4) is 0 Å². The van der Waals surface area contributed by atoms with E-state index in [0.717, 1.165) is 13.1 Å². The van der Waals surface area contributed by atoms with E-state index < -0.39 is 0 Å². The van der Waals surface area contributed by atoms with Gasteiger partial charge >= 0.3 is 0 Å². The van der Waals surface area contributed by atoms with Crippen molar-refractivity contribution in [2.24, 2.45) is 5.73 Å². The number of nitrogens with two attached hydrogens (primary N) is 1. The molecule has 3 N–H and O–H groups in total. The zero-order valence-corrected chi connectivity index (χ0v) is 7.71. The summed E-state index contributed by atoms with van der Waals surface area (Å²) in [5, 5.41) is 2.85. The molecule has 1 saturated heterocycles. The molecule has 70 valence electrons. The minimum Gasteiger partial charge on any atom is -0.350 e. The lowest BCUT2D eigenvalue weighted by molar-refractivity contribution is -0.121. The van der Waals surface area contributed by atoms with E-state index in [1.54, 1.807) is 0 Å². The Kier molecular flexibility index (Phi) is 3.05. The third kappa shape index (κ3) is 2.19. The van der Waals surface area contributed by atoms with Crippen LogP contribution in [0.1, 0.15) is 13.8 Å². The first kappa shape index (κ1) is 9.48. The second-order valence-electron chi connectivity index (χ2n) is 3.52. The van der Waals surface area contributed by atoms with E-state index in [0.29, 0.717) is 12.1 Å². The summed E-state index contributed by atoms with van der Waals surface area (Å²) in [7, 11) is 0. The quantitative estimate of drug-likeness (QED) is 0.582. The Morgan fingerprint density at radius 2 is 2.25 bits per heavy atom. The summed E-state index contributed by atoms with van der Waals surface area (Å²) in [6.45, 7) is 6.33. The monoisotopic (exact) mass is 171 g/mol. The molecule has 1 aliphatic heterocycles. The number of carbonyl (C=O) groups excluding carboxylic acids is 1. The van der Waals surface area contributed by atoms with E-state index >= 15 is 0 Å². The maximum absolute atomic E-state index is 10.8. The third-order valence-electron chi connectivity index (χ3n) is 2.19. The van der Waals surface area contributed by atoms with Crippen molar-refractivity contribution in [3.63, 3.8) is 0 Å². The highest BCUT2D eigenvalue weighted by Gasteiger charge is 2.28. The molecule has 0 aromatic heterocycles. The first-order valence-corrected chi connectivity index (χ1v) is 4.37. The lowest BCUT2D eigenvalue weighted by Gasteiger charge is -2.42. The molecule has 0 unspecified atom stereocenters. The van der Waals surface area contributed by atoms with Gasteiger partial charge in [0.25, 0.3) is 0 Å². The van der Waals surface area contributed by atoms with Gasteiger partial charge in [0.2, 0.25) is 5.91 Å². The van der Waals surface area contributed by atoms with E-state index in [9.17, 15) is 4.79 Å². The highest BCUT2D eigenvalue weighted by atomic mass is 16.1. The molecule has 0 radical (unpaired) electrons. The predicted octanol–water partition coefficient (Wildman–Crippen LogP) is -0.846. The Labute approximate surface area is 73.1 Å². The van der Waals surface area contributed by atoms with Crippen LogP contribution in [0.5, 0.6) is 0 Å². The molecule has 0 aromatic rings. The smallest absolute Gasteiger partial charge is 0.234 e. The van der Waals surface area contributed by atoms with Crippen LogP contribution in [0, 0.1) is 0 Å². The number of likely N-dealkylation sites (tertiary alicyclic amines) is 1. The lowest BCUT2D eigenvalue weighted by atomic mass is 10.1. The molecule has 4 heteroatoms. The topological polar surface area (TPSA) is 58.4 Å². The third-order valence-corrected chi connectivity index (χ3v) is 2.19. The summed E-state index contributed by atoms with van der Waals surface area (Å²) in [5.74, 6) is -0.0524. The van der Waals surface area contributed by atoms with Crippen molar-refractivity contribution in [2.75, 3.05) is 19.6 Å². The van der Waals surface area contributed by atoms with Crippen LogP contribution in [0.2, 0.25) is 0 Å². The van der Waals surface area contributed by atoms with Gasteiger partial charge in [0.1, 0.15) is 0 Å². The zero-order valence-electron chi connectivity index (χ0n) is 7.71. The fourth-order valence-electron chi connectivity index (χ4n) is 1.31. The zero-order chi connectivity index (χ0) is 9.14. The van der Waals surface area contributed by atoms with Crippen LogP contribution < -0.4 is 11.1 Å². The van der Waals surface area contributed by atoms with Crippen molar-refractivity contribution in [3.8, 4) is 0 Å². The number of nitrogens with one attached hydrogen (secondary N) is 1. The van der Waals surface area contributed by atoms with Crippen molar-refractivity contribution in [1.82, 2.24) is 10.2 Å². The normalized spacial score (nSPS) is 19.3. The van der Waals surface area contributed by atoms with Crippen molar-refractivity contribution >= 4 is 5.91 Å². The number of nitrogens with zero attached hydrogens (tertiary/aromatic N) is 1. The molecule has 0 saturated carbocycles. The van der Waals surface area contributed by atoms with Crippen LogP contribution in [0.25, 0.3) is 0 Å². The van der Waals surface area contributed by atoms with E-state index in [4.69, 9.17) is 5.73 Å². The van der Waals surface area contributed by atoms with Gasteiger partial charge in [-0.15, -0.1) is 0 Å². The Morgan fingerprint density at radius 3 is 2.67 bits per heavy atom. The standard InChI is InChI=1S/C8H17N3O/c1-6(2)11-4-7(5-11)10-8(12)3-9/h6-7H,3-5,9H2,1-2H3,(H,10,12). The van der Waals surface area contributed by atoms with Gasteiger partial charge in [-0.2, -0.15) is 0 Å². The summed E-state index contributed by atoms with van der Waals surface area (Å²) in [6.07, 6.45) is 0. The predicted molar refractivity (Wildman–Crippen MR) is 47.7 cm³/mol. The van der Waals surface area contributed by atoms with Crippen LogP contribution >= 0.6 is 0 Å². The summed E-state index contributed by atoms with van der Waals surface area (Å²) in [6, 6.07) is 0.902. The molecule has 0 atom stereocenters. The van der Waals surface area contributed by atoms with Crippen molar-refractivity contribution in [1.29, 1.82) is 0 Å². The first-order valence-electron chi connectivity index (χ1n) is 4.37. The average molecular weight is 171 g/mol. The first-order chi connectivity index (χ1) is 5.63. The van der Waals surface area contributed by atoms with Crippen molar-refractivity contribution in [2.45, 2.75) is 25.9 Å². The number of carbonyl (C=O) groups is 1. The fourth-order valence-corrected chi connectivity index (χ4v) is 1.31. The molecule has 0 spiro atoms. The van der Waals surface area contributed by atoms with Gasteiger partial charge in [-0.3, -0.25) is 9.69 Å². The molecule has 0 aliphatic carbocycles. The molecule has 1 rings (SSSR count). The van der Waals surface area contributed by atoms with Gasteiger partial charge in [0, 0.05) is 19.1 Å². The molecular weight excluding hydrogens is 154 g/mol. The van der Waals surface area contributed by atoms with Crippen LogP contribution in [-0.2, 0) is 4.79 Å². The maximum Gasteiger partial charge on any atom is 0.234 e. The number of amides is 1. The fraction of sp³-hybridized carbons (Fsp3) is 0.875. The summed E-state index contributed by atoms with van der Waals surface area (Å²) < 4.78 is 0. The average Bonchev–Trinajstić information content (AvgIpc) is 1.94. The second-order valence-corrected chi connectivity index (χ2v) is 3.52. The van der Waals surface area contributed by atoms with E-state index in [2.05, 4.69) is 24.1 Å². The van der Waals surface area contributed by atoms with Gasteiger partial charge in [-0.25, -0.2) is 0 Å². The highest BCUT2D eigenvalue weighted by Crippen LogP contribution is 2.10. The Bertz CT molecular complexity index is 164. The molecule has 1 fully saturated rings. The Hall–Kier alpha value is -0.610. The molecule has 12 heavy (non-hydrogen) atoms. The van der Waals surface area contributed by atoms with Gasteiger partial charge in [0.15, 0.2) is 0 Å². The molecule has 0 aromatic carbocycles. The van der Waals surface area contributed by atoms with Crippen molar-refractivity contribution in [3.05, 3.63) is 0 Å². The van der Waals surface area contributed by atoms with Gasteiger partial charge in [-0.1, -0.05) is 0 Å². The molecule has 1 aliphatic rings. The lowest BCUT2D eigenvalue weighted by Crippen LogP contribution is -2.61. The summed E-state index contributed by atoms with van der Waals surface area (Å²) >= 11 is 0. The molecule has 0 bridgehead atoms. The molecular formula is C8H17N3O. The second kappa shape index (κ2) is 3.87. The van der Waals surface area contributed by atoms with Gasteiger partial charge in [0.05, 0.1) is 12.6 Å². The maximum atomic E-state index is 10.8. The largest absolute Gasteiger partial charge is 0.350 e. The minimum atomic E-state index is -0.0524. The van der Waals surface area contributed by atoms with Gasteiger partial charge < -0.3 is 11.1 Å². The highest BCUT2D eigenvalue weighted by molar-refractivity contribution is 5.78. The number of hydrogen-bond acceptors (Lipinski definition) is 3. The number of rotatable bonds is 3. The minimum absolute atomic E-state index is 0.0524. The van der Waals surface area contributed by atoms with Crippen molar-refractivity contribution < 1.29 is 4.79 Å². The summed E-state index contributed by atoms with van der Waals surface area (Å²) in [5.41, 5.74) is 5.17. The van der Waals surface area contributed by atoms with E-state index in [-0.39, 0.29) is 12.5 Å². The van der Waals surface area contributed by atoms with E-state index in [1.165, 1.54) is 0 Å². The van der Waals surface area contributed by atoms with E-state index in [1.807, 2.05) is 0 Å². The van der Waals surface area contributed by atoms with Crippen LogP contribution in [-0.4, -0.2) is 42.5 Å². The Morgan fingerprint density at radius 1 is 1.67 bits per heavy atom. The molecule has 1 amide bonds. The van der Waals surface area contributed by atoms with Crippen LogP contribution in [0.4, 0.5) is 0 Å². The Balaban J connectivity index is 2.13. The van der Waals surface area contributed by atoms with Gasteiger partial charge in [-0.05, 0) is 13.8 Å². The summed E-state index contributed by atoms with van der Waals surface area (Å²) in [4.78, 5) is 13.1. The SMILES string of the molecule is CC(C)N1CC(NC(=O)CN)C1. The molecule has 4 nitrogen and oxygen atoms in total. The number of hydrogen-bond donors (Lipinski definition) is 2. The molecule has 1 heterocycles. The van der Waals surface area contributed by atoms with Crippen LogP contribution in [0.15, 0.2) is 0 Å².